The molecule has 1 atom stereocenters. The standard InChI is InChI=1S/C16H23N3O2.ClH/c1-11(2)18-15(20)12-5-7-14(8-6-12)19-16(21)13-4-3-9-17-10-13;/h5-8,11,13,17H,3-4,9-10H2,1-2H3,(H,18,20)(H,19,21);1H/t13-;/m1./s1. The van der Waals surface area contributed by atoms with Crippen molar-refractivity contribution in [2.75, 3.05) is 18.4 Å². The van der Waals surface area contributed by atoms with E-state index in [0.717, 1.165) is 31.6 Å². The van der Waals surface area contributed by atoms with Crippen LogP contribution in [0.5, 0.6) is 0 Å². The van der Waals surface area contributed by atoms with Crippen molar-refractivity contribution in [3.8, 4) is 0 Å². The van der Waals surface area contributed by atoms with Gasteiger partial charge >= 0.3 is 0 Å². The zero-order chi connectivity index (χ0) is 15.2. The molecule has 1 aromatic rings. The van der Waals surface area contributed by atoms with Crippen LogP contribution in [0, 0.1) is 5.92 Å². The van der Waals surface area contributed by atoms with Gasteiger partial charge in [0, 0.05) is 23.8 Å². The Kier molecular flexibility index (Phi) is 7.35. The average Bonchev–Trinajstić information content (AvgIpc) is 2.48. The third-order valence-electron chi connectivity index (χ3n) is 3.50. The molecule has 0 spiro atoms. The molecule has 0 aliphatic carbocycles. The summed E-state index contributed by atoms with van der Waals surface area (Å²) < 4.78 is 0. The van der Waals surface area contributed by atoms with E-state index in [9.17, 15) is 9.59 Å². The van der Waals surface area contributed by atoms with Gasteiger partial charge in [-0.25, -0.2) is 0 Å². The maximum atomic E-state index is 12.1. The number of anilines is 1. The molecule has 1 aromatic carbocycles. The lowest BCUT2D eigenvalue weighted by molar-refractivity contribution is -0.120. The van der Waals surface area contributed by atoms with Crippen molar-refractivity contribution in [2.45, 2.75) is 32.7 Å². The van der Waals surface area contributed by atoms with Crippen molar-refractivity contribution >= 4 is 29.9 Å². The van der Waals surface area contributed by atoms with E-state index in [1.54, 1.807) is 24.3 Å². The summed E-state index contributed by atoms with van der Waals surface area (Å²) in [5, 5.41) is 8.97. The highest BCUT2D eigenvalue weighted by molar-refractivity contribution is 5.96. The number of benzene rings is 1. The van der Waals surface area contributed by atoms with Gasteiger partial charge in [0.1, 0.15) is 0 Å². The first-order chi connectivity index (χ1) is 10.1. The molecule has 0 saturated carbocycles. The second-order valence-corrected chi connectivity index (χ2v) is 5.74. The molecule has 1 fully saturated rings. The van der Waals surface area contributed by atoms with Crippen LogP contribution in [0.25, 0.3) is 0 Å². The topological polar surface area (TPSA) is 70.2 Å². The zero-order valence-electron chi connectivity index (χ0n) is 13.0. The maximum Gasteiger partial charge on any atom is 0.251 e. The molecular weight excluding hydrogens is 302 g/mol. The summed E-state index contributed by atoms with van der Waals surface area (Å²) in [6.07, 6.45) is 1.96. The fraction of sp³-hybridized carbons (Fsp3) is 0.500. The van der Waals surface area contributed by atoms with Gasteiger partial charge in [-0.1, -0.05) is 0 Å². The Hall–Kier alpha value is -1.59. The quantitative estimate of drug-likeness (QED) is 0.794. The number of hydrogen-bond donors (Lipinski definition) is 3. The Morgan fingerprint density at radius 2 is 1.91 bits per heavy atom. The van der Waals surface area contributed by atoms with E-state index in [2.05, 4.69) is 16.0 Å². The number of amides is 2. The number of rotatable bonds is 4. The van der Waals surface area contributed by atoms with Crippen molar-refractivity contribution in [3.05, 3.63) is 29.8 Å². The minimum absolute atomic E-state index is 0. The van der Waals surface area contributed by atoms with Gasteiger partial charge in [-0.3, -0.25) is 9.59 Å². The molecule has 1 aliphatic rings. The molecule has 5 nitrogen and oxygen atoms in total. The number of hydrogen-bond acceptors (Lipinski definition) is 3. The van der Waals surface area contributed by atoms with Gasteiger partial charge in [0.05, 0.1) is 5.92 Å². The molecule has 0 radical (unpaired) electrons. The smallest absolute Gasteiger partial charge is 0.251 e. The van der Waals surface area contributed by atoms with Crippen LogP contribution in [0.1, 0.15) is 37.0 Å². The number of carbonyl (C=O) groups is 2. The Labute approximate surface area is 137 Å². The first-order valence-corrected chi connectivity index (χ1v) is 7.49. The average molecular weight is 326 g/mol. The molecule has 122 valence electrons. The summed E-state index contributed by atoms with van der Waals surface area (Å²) in [5.74, 6) is -0.0244. The van der Waals surface area contributed by atoms with Crippen LogP contribution in [-0.4, -0.2) is 30.9 Å². The monoisotopic (exact) mass is 325 g/mol. The molecule has 0 aromatic heterocycles. The van der Waals surface area contributed by atoms with E-state index >= 15 is 0 Å². The van der Waals surface area contributed by atoms with Crippen molar-refractivity contribution < 1.29 is 9.59 Å². The minimum Gasteiger partial charge on any atom is -0.350 e. The van der Waals surface area contributed by atoms with Gasteiger partial charge in [-0.05, 0) is 57.5 Å². The molecule has 1 saturated heterocycles. The van der Waals surface area contributed by atoms with Gasteiger partial charge in [-0.2, -0.15) is 0 Å². The lowest BCUT2D eigenvalue weighted by Crippen LogP contribution is -2.37. The van der Waals surface area contributed by atoms with Gasteiger partial charge < -0.3 is 16.0 Å². The largest absolute Gasteiger partial charge is 0.350 e. The first-order valence-electron chi connectivity index (χ1n) is 7.49. The minimum atomic E-state index is -0.0978. The van der Waals surface area contributed by atoms with Crippen LogP contribution in [0.2, 0.25) is 0 Å². The number of carbonyl (C=O) groups excluding carboxylic acids is 2. The van der Waals surface area contributed by atoms with Crippen molar-refractivity contribution in [3.63, 3.8) is 0 Å². The van der Waals surface area contributed by atoms with Crippen molar-refractivity contribution in [1.82, 2.24) is 10.6 Å². The van der Waals surface area contributed by atoms with E-state index in [1.807, 2.05) is 13.8 Å². The van der Waals surface area contributed by atoms with Crippen LogP contribution in [0.3, 0.4) is 0 Å². The Morgan fingerprint density at radius 3 is 2.45 bits per heavy atom. The van der Waals surface area contributed by atoms with Crippen molar-refractivity contribution in [1.29, 1.82) is 0 Å². The van der Waals surface area contributed by atoms with E-state index in [0.29, 0.717) is 5.56 Å². The first kappa shape index (κ1) is 18.5. The number of nitrogens with one attached hydrogen (secondary N) is 3. The molecule has 1 heterocycles. The highest BCUT2D eigenvalue weighted by Crippen LogP contribution is 2.15. The molecule has 22 heavy (non-hydrogen) atoms. The molecule has 3 N–H and O–H groups in total. The SMILES string of the molecule is CC(C)NC(=O)c1ccc(NC(=O)[C@@H]2CCCNC2)cc1.Cl. The van der Waals surface area contributed by atoms with Crippen molar-refractivity contribution in [2.24, 2.45) is 5.92 Å². The van der Waals surface area contributed by atoms with E-state index in [1.165, 1.54) is 0 Å². The fourth-order valence-corrected chi connectivity index (χ4v) is 2.37. The number of piperidine rings is 1. The van der Waals surface area contributed by atoms with E-state index in [-0.39, 0.29) is 36.2 Å². The molecular formula is C16H24ClN3O2. The summed E-state index contributed by atoms with van der Waals surface area (Å²) in [6, 6.07) is 7.10. The lowest BCUT2D eigenvalue weighted by atomic mass is 9.99. The normalized spacial score (nSPS) is 17.5. The lowest BCUT2D eigenvalue weighted by Gasteiger charge is -2.21. The van der Waals surface area contributed by atoms with Crippen LogP contribution in [-0.2, 0) is 4.79 Å². The molecule has 6 heteroatoms. The fourth-order valence-electron chi connectivity index (χ4n) is 2.37. The second kappa shape index (κ2) is 8.76. The summed E-state index contributed by atoms with van der Waals surface area (Å²) in [7, 11) is 0. The third-order valence-corrected chi connectivity index (χ3v) is 3.50. The summed E-state index contributed by atoms with van der Waals surface area (Å²) in [5.41, 5.74) is 1.33. The Morgan fingerprint density at radius 1 is 1.23 bits per heavy atom. The van der Waals surface area contributed by atoms with Crippen LogP contribution in [0.15, 0.2) is 24.3 Å². The predicted molar refractivity (Wildman–Crippen MR) is 90.5 cm³/mol. The summed E-state index contributed by atoms with van der Waals surface area (Å²) in [4.78, 5) is 23.9. The van der Waals surface area contributed by atoms with Gasteiger partial charge in [0.25, 0.3) is 5.91 Å². The predicted octanol–water partition coefficient (Wildman–Crippen LogP) is 2.18. The second-order valence-electron chi connectivity index (χ2n) is 5.74. The van der Waals surface area contributed by atoms with Gasteiger partial charge in [-0.15, -0.1) is 12.4 Å². The summed E-state index contributed by atoms with van der Waals surface area (Å²) >= 11 is 0. The van der Waals surface area contributed by atoms with Gasteiger partial charge in [0.15, 0.2) is 0 Å². The molecule has 0 bridgehead atoms. The van der Waals surface area contributed by atoms with Crippen LogP contribution < -0.4 is 16.0 Å². The third kappa shape index (κ3) is 5.31. The summed E-state index contributed by atoms with van der Waals surface area (Å²) in [6.45, 7) is 5.57. The van der Waals surface area contributed by atoms with E-state index in [4.69, 9.17) is 0 Å². The highest BCUT2D eigenvalue weighted by Gasteiger charge is 2.20. The molecule has 2 amide bonds. The molecule has 2 rings (SSSR count). The zero-order valence-corrected chi connectivity index (χ0v) is 13.8. The Bertz CT molecular complexity index is 497. The van der Waals surface area contributed by atoms with Gasteiger partial charge in [0.2, 0.25) is 5.91 Å². The number of halogens is 1. The highest BCUT2D eigenvalue weighted by atomic mass is 35.5. The molecule has 0 unspecified atom stereocenters. The van der Waals surface area contributed by atoms with E-state index < -0.39 is 0 Å². The Balaban J connectivity index is 0.00000242. The van der Waals surface area contributed by atoms with Crippen LogP contribution in [0.4, 0.5) is 5.69 Å². The maximum absolute atomic E-state index is 12.1. The molecule has 1 aliphatic heterocycles. The van der Waals surface area contributed by atoms with Crippen LogP contribution >= 0.6 is 12.4 Å².